The Hall–Kier alpha value is -0.870. The van der Waals surface area contributed by atoms with Crippen LogP contribution in [0, 0.1) is 0 Å². The summed E-state index contributed by atoms with van der Waals surface area (Å²) in [6, 6.07) is 3.23. The molecule has 94 valence electrons. The van der Waals surface area contributed by atoms with Gasteiger partial charge in [-0.2, -0.15) is 5.10 Å². The highest BCUT2D eigenvalue weighted by Crippen LogP contribution is 2.28. The van der Waals surface area contributed by atoms with Gasteiger partial charge in [0.05, 0.1) is 17.8 Å². The third-order valence-electron chi connectivity index (χ3n) is 4.05. The monoisotopic (exact) mass is 235 g/mol. The number of nitrogens with zero attached hydrogens (tertiary/aromatic N) is 2. The lowest BCUT2D eigenvalue weighted by Gasteiger charge is -2.31. The fourth-order valence-electron chi connectivity index (χ4n) is 2.85. The highest BCUT2D eigenvalue weighted by molar-refractivity contribution is 5.01. The molecule has 0 radical (unpaired) electrons. The quantitative estimate of drug-likeness (QED) is 0.833. The first-order valence-corrected chi connectivity index (χ1v) is 6.77. The summed E-state index contributed by atoms with van der Waals surface area (Å²) >= 11 is 0. The Labute approximate surface area is 102 Å². The molecular formula is C13H21N3O. The van der Waals surface area contributed by atoms with Crippen molar-refractivity contribution < 1.29 is 5.11 Å². The van der Waals surface area contributed by atoms with Gasteiger partial charge in [-0.25, -0.2) is 0 Å². The van der Waals surface area contributed by atoms with Crippen LogP contribution in [0.25, 0.3) is 0 Å². The maximum atomic E-state index is 9.20. The number of hydrogen-bond donors (Lipinski definition) is 2. The molecule has 0 aromatic carbocycles. The molecule has 2 saturated carbocycles. The van der Waals surface area contributed by atoms with Crippen molar-refractivity contribution in [3.8, 4) is 0 Å². The maximum Gasteiger partial charge on any atom is 0.0762 e. The summed E-state index contributed by atoms with van der Waals surface area (Å²) in [5.74, 6) is 0. The van der Waals surface area contributed by atoms with Gasteiger partial charge in [-0.15, -0.1) is 0 Å². The fourth-order valence-corrected chi connectivity index (χ4v) is 2.85. The van der Waals surface area contributed by atoms with E-state index in [9.17, 15) is 5.11 Å². The van der Waals surface area contributed by atoms with Crippen LogP contribution < -0.4 is 5.32 Å². The van der Waals surface area contributed by atoms with E-state index in [1.54, 1.807) is 0 Å². The molecular weight excluding hydrogens is 214 g/mol. The first kappa shape index (κ1) is 11.2. The number of nitrogens with one attached hydrogen (secondary N) is 1. The molecule has 2 aliphatic rings. The van der Waals surface area contributed by atoms with Gasteiger partial charge < -0.3 is 10.4 Å². The van der Waals surface area contributed by atoms with E-state index in [0.717, 1.165) is 25.1 Å². The smallest absolute Gasteiger partial charge is 0.0762 e. The van der Waals surface area contributed by atoms with Crippen molar-refractivity contribution in [3.63, 3.8) is 0 Å². The van der Waals surface area contributed by atoms with Gasteiger partial charge in [0, 0.05) is 18.8 Å². The van der Waals surface area contributed by atoms with Crippen molar-refractivity contribution in [3.05, 3.63) is 18.0 Å². The Bertz CT molecular complexity index is 364. The zero-order chi connectivity index (χ0) is 11.7. The molecule has 1 aromatic heterocycles. The van der Waals surface area contributed by atoms with Crippen LogP contribution in [0.15, 0.2) is 12.3 Å². The predicted molar refractivity (Wildman–Crippen MR) is 65.6 cm³/mol. The van der Waals surface area contributed by atoms with Crippen LogP contribution in [0.2, 0.25) is 0 Å². The number of aromatic nitrogens is 2. The van der Waals surface area contributed by atoms with Crippen LogP contribution in [0.4, 0.5) is 0 Å². The number of aliphatic hydroxyl groups is 1. The first-order valence-electron chi connectivity index (χ1n) is 6.77. The molecule has 0 saturated heterocycles. The minimum atomic E-state index is -0.0800. The van der Waals surface area contributed by atoms with E-state index in [0.29, 0.717) is 12.1 Å². The van der Waals surface area contributed by atoms with Crippen molar-refractivity contribution >= 4 is 0 Å². The van der Waals surface area contributed by atoms with E-state index < -0.39 is 0 Å². The topological polar surface area (TPSA) is 50.1 Å². The van der Waals surface area contributed by atoms with E-state index in [4.69, 9.17) is 0 Å². The van der Waals surface area contributed by atoms with Crippen molar-refractivity contribution in [1.82, 2.24) is 15.1 Å². The summed E-state index contributed by atoms with van der Waals surface area (Å²) in [6.45, 7) is 0.830. The zero-order valence-electron chi connectivity index (χ0n) is 10.2. The van der Waals surface area contributed by atoms with Crippen LogP contribution in [0.1, 0.15) is 50.3 Å². The van der Waals surface area contributed by atoms with E-state index in [1.807, 2.05) is 0 Å². The van der Waals surface area contributed by atoms with Crippen molar-refractivity contribution in [2.75, 3.05) is 0 Å². The summed E-state index contributed by atoms with van der Waals surface area (Å²) in [4.78, 5) is 0. The lowest BCUT2D eigenvalue weighted by atomic mass is 9.89. The lowest BCUT2D eigenvalue weighted by Crippen LogP contribution is -2.43. The van der Waals surface area contributed by atoms with Gasteiger partial charge in [0.1, 0.15) is 0 Å². The number of hydrogen-bond acceptors (Lipinski definition) is 3. The second-order valence-corrected chi connectivity index (χ2v) is 5.43. The molecule has 4 nitrogen and oxygen atoms in total. The van der Waals surface area contributed by atoms with Gasteiger partial charge in [0.25, 0.3) is 0 Å². The fraction of sp³-hybridized carbons (Fsp3) is 0.769. The summed E-state index contributed by atoms with van der Waals surface area (Å²) < 4.78 is 2.14. The van der Waals surface area contributed by atoms with Crippen molar-refractivity contribution in [1.29, 1.82) is 0 Å². The van der Waals surface area contributed by atoms with Gasteiger partial charge in [-0.3, -0.25) is 4.68 Å². The van der Waals surface area contributed by atoms with Crippen LogP contribution in [0.3, 0.4) is 0 Å². The molecule has 1 heterocycles. The Morgan fingerprint density at radius 2 is 2.12 bits per heavy atom. The lowest BCUT2D eigenvalue weighted by molar-refractivity contribution is 0.0618. The molecule has 0 atom stereocenters. The molecule has 2 fully saturated rings. The highest BCUT2D eigenvalue weighted by Gasteiger charge is 2.26. The third-order valence-corrected chi connectivity index (χ3v) is 4.05. The molecule has 0 amide bonds. The molecule has 4 heteroatoms. The Balaban J connectivity index is 1.50. The third kappa shape index (κ3) is 2.53. The molecule has 3 rings (SSSR count). The largest absolute Gasteiger partial charge is 0.393 e. The Morgan fingerprint density at radius 3 is 2.82 bits per heavy atom. The summed E-state index contributed by atoms with van der Waals surface area (Å²) in [5.41, 5.74) is 1.12. The van der Waals surface area contributed by atoms with Gasteiger partial charge in [-0.1, -0.05) is 12.8 Å². The van der Waals surface area contributed by atoms with E-state index in [2.05, 4.69) is 27.4 Å². The average Bonchev–Trinajstić information content (AvgIpc) is 2.92. The molecule has 0 bridgehead atoms. The molecule has 2 aliphatic carbocycles. The average molecular weight is 235 g/mol. The van der Waals surface area contributed by atoms with Crippen LogP contribution in [0.5, 0.6) is 0 Å². The van der Waals surface area contributed by atoms with Crippen LogP contribution >= 0.6 is 0 Å². The first-order chi connectivity index (χ1) is 8.31. The summed E-state index contributed by atoms with van der Waals surface area (Å²) in [5, 5.41) is 17.3. The second kappa shape index (κ2) is 4.78. The number of aliphatic hydroxyl groups excluding tert-OH is 1. The van der Waals surface area contributed by atoms with E-state index >= 15 is 0 Å². The van der Waals surface area contributed by atoms with Crippen molar-refractivity contribution in [2.45, 2.75) is 63.3 Å². The van der Waals surface area contributed by atoms with Crippen molar-refractivity contribution in [2.24, 2.45) is 0 Å². The minimum Gasteiger partial charge on any atom is -0.393 e. The van der Waals surface area contributed by atoms with Gasteiger partial charge in [0.2, 0.25) is 0 Å². The maximum absolute atomic E-state index is 9.20. The van der Waals surface area contributed by atoms with Gasteiger partial charge in [0.15, 0.2) is 0 Å². The second-order valence-electron chi connectivity index (χ2n) is 5.43. The normalized spacial score (nSPS) is 29.5. The molecule has 0 unspecified atom stereocenters. The minimum absolute atomic E-state index is 0.0800. The summed E-state index contributed by atoms with van der Waals surface area (Å²) in [6.07, 6.45) is 9.07. The zero-order valence-corrected chi connectivity index (χ0v) is 10.2. The highest BCUT2D eigenvalue weighted by atomic mass is 16.3. The molecule has 2 N–H and O–H groups in total. The van der Waals surface area contributed by atoms with Crippen LogP contribution in [-0.2, 0) is 6.54 Å². The predicted octanol–water partition coefficient (Wildman–Crippen LogP) is 1.61. The summed E-state index contributed by atoms with van der Waals surface area (Å²) in [7, 11) is 0. The SMILES string of the molecule is OC1CC(NCc2ccn(C3CCCC3)n2)C1. The standard InChI is InChI=1S/C13H21N3O/c17-13-7-11(8-13)14-9-10-5-6-16(15-10)12-3-1-2-4-12/h5-6,11-14,17H,1-4,7-9H2. The van der Waals surface area contributed by atoms with E-state index in [1.165, 1.54) is 25.7 Å². The number of rotatable bonds is 4. The van der Waals surface area contributed by atoms with Gasteiger partial charge in [-0.05, 0) is 31.7 Å². The van der Waals surface area contributed by atoms with E-state index in [-0.39, 0.29) is 6.10 Å². The Morgan fingerprint density at radius 1 is 1.35 bits per heavy atom. The molecule has 0 aliphatic heterocycles. The van der Waals surface area contributed by atoms with Gasteiger partial charge >= 0.3 is 0 Å². The molecule has 0 spiro atoms. The molecule has 1 aromatic rings. The van der Waals surface area contributed by atoms with Crippen LogP contribution in [-0.4, -0.2) is 27.0 Å². The Kier molecular flexibility index (Phi) is 3.16. The molecule has 17 heavy (non-hydrogen) atoms.